The van der Waals surface area contributed by atoms with Gasteiger partial charge in [-0.1, -0.05) is 43.1 Å². The van der Waals surface area contributed by atoms with Crippen LogP contribution in [0.15, 0.2) is 36.4 Å². The number of rotatable bonds is 11. The van der Waals surface area contributed by atoms with Gasteiger partial charge in [-0.2, -0.15) is 0 Å². The molecule has 0 aromatic heterocycles. The van der Waals surface area contributed by atoms with Crippen molar-refractivity contribution in [1.29, 1.82) is 0 Å². The number of benzene rings is 2. The molecule has 208 valence electrons. The minimum Gasteiger partial charge on any atom is -0.486 e. The number of carbonyl (C=O) groups excluding carboxylic acids is 2. The van der Waals surface area contributed by atoms with Gasteiger partial charge in [0.2, 0.25) is 21.8 Å². The van der Waals surface area contributed by atoms with Gasteiger partial charge in [0, 0.05) is 34.8 Å². The second-order valence-electron chi connectivity index (χ2n) is 9.27. The Morgan fingerprint density at radius 3 is 2.26 bits per heavy atom. The summed E-state index contributed by atoms with van der Waals surface area (Å²) in [7, 11) is -3.89. The molecule has 2 amide bonds. The predicted octanol–water partition coefficient (Wildman–Crippen LogP) is 4.11. The first-order valence-corrected chi connectivity index (χ1v) is 14.7. The maximum absolute atomic E-state index is 13.8. The van der Waals surface area contributed by atoms with Crippen LogP contribution in [0.2, 0.25) is 10.0 Å². The number of anilines is 1. The first kappa shape index (κ1) is 29.9. The maximum atomic E-state index is 13.8. The topological polar surface area (TPSA) is 105 Å². The van der Waals surface area contributed by atoms with E-state index < -0.39 is 28.5 Å². The highest BCUT2D eigenvalue weighted by Gasteiger charge is 2.32. The molecule has 1 aliphatic rings. The van der Waals surface area contributed by atoms with Crippen molar-refractivity contribution >= 4 is 50.7 Å². The summed E-state index contributed by atoms with van der Waals surface area (Å²) in [6.07, 6.45) is 0. The molecule has 0 aliphatic carbocycles. The highest BCUT2D eigenvalue weighted by Crippen LogP contribution is 2.35. The van der Waals surface area contributed by atoms with E-state index in [1.165, 1.54) is 17.9 Å². The highest BCUT2D eigenvalue weighted by molar-refractivity contribution is 7.92. The van der Waals surface area contributed by atoms with E-state index >= 15 is 0 Å². The molecule has 0 saturated heterocycles. The lowest BCUT2D eigenvalue weighted by Gasteiger charge is -2.32. The van der Waals surface area contributed by atoms with Crippen molar-refractivity contribution in [2.45, 2.75) is 40.3 Å². The smallest absolute Gasteiger partial charge is 0.244 e. The molecule has 2 aromatic rings. The molecule has 9 nitrogen and oxygen atoms in total. The quantitative estimate of drug-likeness (QED) is 0.425. The fourth-order valence-corrected chi connectivity index (χ4v) is 5.37. The van der Waals surface area contributed by atoms with Crippen LogP contribution in [0, 0.1) is 5.92 Å². The van der Waals surface area contributed by atoms with E-state index in [1.807, 2.05) is 13.8 Å². The van der Waals surface area contributed by atoms with Crippen LogP contribution < -0.4 is 19.1 Å². The largest absolute Gasteiger partial charge is 0.486 e. The third kappa shape index (κ3) is 7.24. The number of hydrogen-bond donors (Lipinski definition) is 1. The van der Waals surface area contributed by atoms with Gasteiger partial charge in [0.05, 0.1) is 11.4 Å². The molecule has 1 unspecified atom stereocenters. The van der Waals surface area contributed by atoms with Gasteiger partial charge >= 0.3 is 0 Å². The summed E-state index contributed by atoms with van der Waals surface area (Å²) in [5, 5.41) is 3.49. The number of carbonyl (C=O) groups is 2. The monoisotopic (exact) mass is 585 g/mol. The Bertz CT molecular complexity index is 1250. The SMILES string of the molecule is CCS(=O)(=O)N(CC(=O)N(Cc1c(Cl)cccc1Cl)C(C)C(=O)NCC(C)C)c1ccc2c(c1)OCCO2. The zero-order valence-electron chi connectivity index (χ0n) is 21.9. The molecule has 1 atom stereocenters. The number of amides is 2. The fraction of sp³-hybridized carbons (Fsp3) is 0.462. The van der Waals surface area contributed by atoms with E-state index in [2.05, 4.69) is 5.32 Å². The maximum Gasteiger partial charge on any atom is 0.244 e. The van der Waals surface area contributed by atoms with Gasteiger partial charge in [-0.25, -0.2) is 8.42 Å². The Morgan fingerprint density at radius 2 is 1.66 bits per heavy atom. The van der Waals surface area contributed by atoms with Crippen LogP contribution in [0.3, 0.4) is 0 Å². The average molecular weight is 587 g/mol. The molecule has 0 radical (unpaired) electrons. The van der Waals surface area contributed by atoms with Crippen LogP contribution in [0.1, 0.15) is 33.3 Å². The summed E-state index contributed by atoms with van der Waals surface area (Å²) in [5.74, 6) is -0.132. The lowest BCUT2D eigenvalue weighted by molar-refractivity contribution is -0.139. The minimum absolute atomic E-state index is 0.0885. The molecule has 12 heteroatoms. The second kappa shape index (κ2) is 12.9. The van der Waals surface area contributed by atoms with Gasteiger partial charge in [0.25, 0.3) is 0 Å². The van der Waals surface area contributed by atoms with Crippen LogP contribution >= 0.6 is 23.2 Å². The first-order valence-electron chi connectivity index (χ1n) is 12.3. The minimum atomic E-state index is -3.89. The van der Waals surface area contributed by atoms with Crippen LogP contribution in [-0.2, 0) is 26.2 Å². The lowest BCUT2D eigenvalue weighted by Crippen LogP contribution is -2.51. The van der Waals surface area contributed by atoms with Crippen molar-refractivity contribution in [2.24, 2.45) is 5.92 Å². The van der Waals surface area contributed by atoms with E-state index in [-0.39, 0.29) is 29.8 Å². The predicted molar refractivity (Wildman–Crippen MR) is 149 cm³/mol. The Labute approximate surface area is 234 Å². The van der Waals surface area contributed by atoms with Crippen molar-refractivity contribution in [2.75, 3.05) is 36.4 Å². The summed E-state index contributed by atoms with van der Waals surface area (Å²) < 4.78 is 38.4. The van der Waals surface area contributed by atoms with Crippen LogP contribution in [0.25, 0.3) is 0 Å². The van der Waals surface area contributed by atoms with Gasteiger partial charge < -0.3 is 19.7 Å². The fourth-order valence-electron chi connectivity index (χ4n) is 3.80. The molecule has 1 N–H and O–H groups in total. The highest BCUT2D eigenvalue weighted by atomic mass is 35.5. The average Bonchev–Trinajstić information content (AvgIpc) is 2.89. The standard InChI is InChI=1S/C26H33Cl2N3O6S/c1-5-38(34,35)31(19-9-10-23-24(13-19)37-12-11-36-23)16-25(32)30(18(4)26(33)29-14-17(2)3)15-20-21(27)7-6-8-22(20)28/h6-10,13,17-18H,5,11-12,14-16H2,1-4H3,(H,29,33). The molecule has 1 heterocycles. The van der Waals surface area contributed by atoms with Gasteiger partial charge in [-0.15, -0.1) is 0 Å². The third-order valence-corrected chi connectivity index (χ3v) is 8.48. The second-order valence-corrected chi connectivity index (χ2v) is 12.3. The van der Waals surface area contributed by atoms with Crippen LogP contribution in [-0.4, -0.2) is 63.2 Å². The summed E-state index contributed by atoms with van der Waals surface area (Å²) in [6, 6.07) is 8.72. The van der Waals surface area contributed by atoms with E-state index in [0.717, 1.165) is 4.31 Å². The lowest BCUT2D eigenvalue weighted by atomic mass is 10.1. The number of nitrogens with zero attached hydrogens (tertiary/aromatic N) is 2. The molecule has 2 aromatic carbocycles. The summed E-state index contributed by atoms with van der Waals surface area (Å²) in [6.45, 7) is 7.50. The number of halogens is 2. The summed E-state index contributed by atoms with van der Waals surface area (Å²) in [5.41, 5.74) is 0.703. The molecule has 0 fully saturated rings. The van der Waals surface area contributed by atoms with Gasteiger partial charge in [-0.05, 0) is 44.0 Å². The molecule has 3 rings (SSSR count). The normalized spacial score (nSPS) is 13.7. The van der Waals surface area contributed by atoms with E-state index in [4.69, 9.17) is 32.7 Å². The van der Waals surface area contributed by atoms with E-state index in [9.17, 15) is 18.0 Å². The first-order chi connectivity index (χ1) is 17.9. The number of nitrogens with one attached hydrogen (secondary N) is 1. The van der Waals surface area contributed by atoms with E-state index in [0.29, 0.717) is 46.9 Å². The molecule has 0 bridgehead atoms. The molecule has 1 aliphatic heterocycles. The molecular weight excluding hydrogens is 553 g/mol. The number of fused-ring (bicyclic) bond motifs is 1. The molecule has 0 saturated carbocycles. The Hall–Kier alpha value is -2.69. The van der Waals surface area contributed by atoms with Gasteiger partial charge in [0.15, 0.2) is 11.5 Å². The number of sulfonamides is 1. The molecule has 38 heavy (non-hydrogen) atoms. The van der Waals surface area contributed by atoms with Crippen molar-refractivity contribution in [1.82, 2.24) is 10.2 Å². The molecular formula is C26H33Cl2N3O6S. The van der Waals surface area contributed by atoms with Crippen molar-refractivity contribution in [3.8, 4) is 11.5 Å². The summed E-state index contributed by atoms with van der Waals surface area (Å²) >= 11 is 12.7. The molecule has 0 spiro atoms. The summed E-state index contributed by atoms with van der Waals surface area (Å²) in [4.78, 5) is 28.1. The van der Waals surface area contributed by atoms with Crippen LogP contribution in [0.5, 0.6) is 11.5 Å². The van der Waals surface area contributed by atoms with Crippen molar-refractivity contribution in [3.63, 3.8) is 0 Å². The van der Waals surface area contributed by atoms with E-state index in [1.54, 1.807) is 37.3 Å². The third-order valence-electron chi connectivity index (χ3n) is 6.04. The Morgan fingerprint density at radius 1 is 1.03 bits per heavy atom. The van der Waals surface area contributed by atoms with Crippen molar-refractivity contribution in [3.05, 3.63) is 52.0 Å². The van der Waals surface area contributed by atoms with Crippen molar-refractivity contribution < 1.29 is 27.5 Å². The zero-order chi connectivity index (χ0) is 28.0. The number of hydrogen-bond acceptors (Lipinski definition) is 6. The zero-order valence-corrected chi connectivity index (χ0v) is 24.2. The Kier molecular flexibility index (Phi) is 10.1. The van der Waals surface area contributed by atoms with Gasteiger partial charge in [-0.3, -0.25) is 13.9 Å². The number of ether oxygens (including phenoxy) is 2. The Balaban J connectivity index is 1.97. The van der Waals surface area contributed by atoms with Crippen LogP contribution in [0.4, 0.5) is 5.69 Å². The van der Waals surface area contributed by atoms with Gasteiger partial charge in [0.1, 0.15) is 25.8 Å².